The minimum atomic E-state index is -0.312. The number of carbonyl (C=O) groups excluding carboxylic acids is 1. The Hall–Kier alpha value is -2.63. The molecular weight excluding hydrogens is 244 g/mol. The van der Waals surface area contributed by atoms with E-state index in [2.05, 4.69) is 20.8 Å². The topological polar surface area (TPSA) is 86.9 Å². The van der Waals surface area contributed by atoms with Crippen molar-refractivity contribution in [2.75, 3.05) is 17.2 Å². The van der Waals surface area contributed by atoms with E-state index in [9.17, 15) is 9.59 Å². The first-order valence-corrected chi connectivity index (χ1v) is 5.90. The van der Waals surface area contributed by atoms with E-state index in [-0.39, 0.29) is 11.5 Å². The van der Waals surface area contributed by atoms with Gasteiger partial charge in [0.1, 0.15) is 0 Å². The molecule has 0 unspecified atom stereocenters. The number of hydrogen-bond acceptors (Lipinski definition) is 4. The van der Waals surface area contributed by atoms with Gasteiger partial charge in [-0.1, -0.05) is 0 Å². The molecule has 19 heavy (non-hydrogen) atoms. The largest absolute Gasteiger partial charge is 0.385 e. The van der Waals surface area contributed by atoms with Crippen LogP contribution in [0.3, 0.4) is 0 Å². The molecule has 6 nitrogen and oxygen atoms in total. The Labute approximate surface area is 109 Å². The maximum atomic E-state index is 11.9. The number of aromatic nitrogens is 2. The summed E-state index contributed by atoms with van der Waals surface area (Å²) in [6.45, 7) is 2.83. The van der Waals surface area contributed by atoms with Crippen LogP contribution in [0.15, 0.2) is 41.2 Å². The van der Waals surface area contributed by atoms with Crippen LogP contribution >= 0.6 is 0 Å². The van der Waals surface area contributed by atoms with E-state index in [0.29, 0.717) is 11.4 Å². The minimum absolute atomic E-state index is 0.275. The summed E-state index contributed by atoms with van der Waals surface area (Å²) in [5, 5.41) is 11.7. The molecule has 0 atom stereocenters. The zero-order valence-electron chi connectivity index (χ0n) is 10.4. The number of aromatic amines is 1. The molecule has 0 aliphatic rings. The molecule has 98 valence electrons. The molecule has 2 rings (SSSR count). The Balaban J connectivity index is 2.07. The molecule has 0 saturated heterocycles. The minimum Gasteiger partial charge on any atom is -0.385 e. The first kappa shape index (κ1) is 12.8. The number of carbonyl (C=O) groups is 1. The Kier molecular flexibility index (Phi) is 3.92. The van der Waals surface area contributed by atoms with E-state index in [4.69, 9.17) is 0 Å². The number of benzene rings is 1. The normalized spacial score (nSPS) is 9.95. The standard InChI is InChI=1S/C13H14N4O2/c1-2-14-10-5-3-9(4-6-10)13(19)15-11-7-8-12(18)17-16-11/h3-8,14H,2H2,1H3,(H,17,18)(H,15,16,19). The van der Waals surface area contributed by atoms with E-state index in [1.165, 1.54) is 12.1 Å². The van der Waals surface area contributed by atoms with Crippen molar-refractivity contribution in [2.24, 2.45) is 0 Å². The number of rotatable bonds is 4. The molecule has 2 aromatic rings. The second kappa shape index (κ2) is 5.81. The van der Waals surface area contributed by atoms with Crippen molar-refractivity contribution in [2.45, 2.75) is 6.92 Å². The summed E-state index contributed by atoms with van der Waals surface area (Å²) in [4.78, 5) is 22.7. The molecular formula is C13H14N4O2. The third-order valence-electron chi connectivity index (χ3n) is 2.45. The van der Waals surface area contributed by atoms with E-state index in [1.807, 2.05) is 19.1 Å². The molecule has 0 radical (unpaired) electrons. The van der Waals surface area contributed by atoms with Gasteiger partial charge in [-0.05, 0) is 37.3 Å². The predicted molar refractivity (Wildman–Crippen MR) is 73.4 cm³/mol. The van der Waals surface area contributed by atoms with Gasteiger partial charge in [0.05, 0.1) is 0 Å². The van der Waals surface area contributed by atoms with Crippen molar-refractivity contribution in [3.8, 4) is 0 Å². The van der Waals surface area contributed by atoms with Crippen LogP contribution in [-0.4, -0.2) is 22.6 Å². The van der Waals surface area contributed by atoms with Gasteiger partial charge in [0.2, 0.25) is 0 Å². The van der Waals surface area contributed by atoms with Crippen molar-refractivity contribution >= 4 is 17.4 Å². The molecule has 0 spiro atoms. The van der Waals surface area contributed by atoms with E-state index in [0.717, 1.165) is 12.2 Å². The lowest BCUT2D eigenvalue weighted by Gasteiger charge is -2.06. The Morgan fingerprint density at radius 1 is 1.21 bits per heavy atom. The van der Waals surface area contributed by atoms with Crippen molar-refractivity contribution in [3.05, 3.63) is 52.3 Å². The summed E-state index contributed by atoms with van der Waals surface area (Å²) in [6.07, 6.45) is 0. The summed E-state index contributed by atoms with van der Waals surface area (Å²) in [5.41, 5.74) is 1.17. The van der Waals surface area contributed by atoms with Gasteiger partial charge >= 0.3 is 0 Å². The number of amides is 1. The number of H-pyrrole nitrogens is 1. The predicted octanol–water partition coefficient (Wildman–Crippen LogP) is 1.45. The average Bonchev–Trinajstić information content (AvgIpc) is 2.42. The smallest absolute Gasteiger partial charge is 0.264 e. The quantitative estimate of drug-likeness (QED) is 0.774. The van der Waals surface area contributed by atoms with Gasteiger partial charge in [0.25, 0.3) is 11.5 Å². The van der Waals surface area contributed by atoms with Crippen LogP contribution in [0.5, 0.6) is 0 Å². The molecule has 0 saturated carbocycles. The fraction of sp³-hybridized carbons (Fsp3) is 0.154. The Morgan fingerprint density at radius 3 is 2.53 bits per heavy atom. The van der Waals surface area contributed by atoms with Gasteiger partial charge in [0.15, 0.2) is 5.82 Å². The Bertz CT molecular complexity index is 599. The molecule has 0 aliphatic heterocycles. The SMILES string of the molecule is CCNc1ccc(C(=O)Nc2ccc(=O)[nH]n2)cc1. The molecule has 6 heteroatoms. The van der Waals surface area contributed by atoms with Crippen molar-refractivity contribution in [1.29, 1.82) is 0 Å². The highest BCUT2D eigenvalue weighted by molar-refractivity contribution is 6.03. The number of nitrogens with zero attached hydrogens (tertiary/aromatic N) is 1. The van der Waals surface area contributed by atoms with Crippen LogP contribution in [0.2, 0.25) is 0 Å². The van der Waals surface area contributed by atoms with Gasteiger partial charge in [-0.2, -0.15) is 5.10 Å². The second-order valence-corrected chi connectivity index (χ2v) is 3.87. The highest BCUT2D eigenvalue weighted by atomic mass is 16.2. The first-order chi connectivity index (χ1) is 9.19. The highest BCUT2D eigenvalue weighted by Gasteiger charge is 2.06. The monoisotopic (exact) mass is 258 g/mol. The second-order valence-electron chi connectivity index (χ2n) is 3.87. The summed E-state index contributed by atoms with van der Waals surface area (Å²) in [7, 11) is 0. The van der Waals surface area contributed by atoms with Crippen molar-refractivity contribution in [1.82, 2.24) is 10.2 Å². The molecule has 0 bridgehead atoms. The maximum absolute atomic E-state index is 11.9. The molecule has 1 amide bonds. The molecule has 1 aromatic carbocycles. The number of nitrogens with one attached hydrogen (secondary N) is 3. The van der Waals surface area contributed by atoms with Crippen LogP contribution in [-0.2, 0) is 0 Å². The molecule has 3 N–H and O–H groups in total. The zero-order valence-corrected chi connectivity index (χ0v) is 10.4. The highest BCUT2D eigenvalue weighted by Crippen LogP contribution is 2.10. The van der Waals surface area contributed by atoms with E-state index >= 15 is 0 Å². The summed E-state index contributed by atoms with van der Waals surface area (Å²) in [6, 6.07) is 9.86. The fourth-order valence-corrected chi connectivity index (χ4v) is 1.55. The van der Waals surface area contributed by atoms with E-state index < -0.39 is 0 Å². The van der Waals surface area contributed by atoms with Crippen LogP contribution in [0.4, 0.5) is 11.5 Å². The van der Waals surface area contributed by atoms with Gasteiger partial charge < -0.3 is 10.6 Å². The molecule has 0 fully saturated rings. The van der Waals surface area contributed by atoms with Gasteiger partial charge in [-0.25, -0.2) is 5.10 Å². The van der Waals surface area contributed by atoms with Crippen LogP contribution in [0.25, 0.3) is 0 Å². The fourth-order valence-electron chi connectivity index (χ4n) is 1.55. The Morgan fingerprint density at radius 2 is 1.95 bits per heavy atom. The average molecular weight is 258 g/mol. The number of hydrogen-bond donors (Lipinski definition) is 3. The van der Waals surface area contributed by atoms with Gasteiger partial charge in [-0.3, -0.25) is 9.59 Å². The van der Waals surface area contributed by atoms with Crippen LogP contribution in [0.1, 0.15) is 17.3 Å². The third-order valence-corrected chi connectivity index (χ3v) is 2.45. The van der Waals surface area contributed by atoms with Crippen molar-refractivity contribution in [3.63, 3.8) is 0 Å². The lowest BCUT2D eigenvalue weighted by atomic mass is 10.2. The van der Waals surface area contributed by atoms with E-state index in [1.54, 1.807) is 12.1 Å². The summed E-state index contributed by atoms with van der Waals surface area (Å²) < 4.78 is 0. The first-order valence-electron chi connectivity index (χ1n) is 5.90. The van der Waals surface area contributed by atoms with Crippen LogP contribution < -0.4 is 16.2 Å². The van der Waals surface area contributed by atoms with Crippen LogP contribution in [0, 0.1) is 0 Å². The lowest BCUT2D eigenvalue weighted by Crippen LogP contribution is -2.15. The van der Waals surface area contributed by atoms with Gasteiger partial charge in [-0.15, -0.1) is 0 Å². The van der Waals surface area contributed by atoms with Gasteiger partial charge in [0, 0.05) is 23.9 Å². The third kappa shape index (κ3) is 3.41. The lowest BCUT2D eigenvalue weighted by molar-refractivity contribution is 0.102. The molecule has 0 aliphatic carbocycles. The molecule has 1 aromatic heterocycles. The zero-order chi connectivity index (χ0) is 13.7. The summed E-state index contributed by atoms with van der Waals surface area (Å²) >= 11 is 0. The van der Waals surface area contributed by atoms with Crippen molar-refractivity contribution < 1.29 is 4.79 Å². The maximum Gasteiger partial charge on any atom is 0.264 e. The molecule has 1 heterocycles. The summed E-state index contributed by atoms with van der Waals surface area (Å²) in [5.74, 6) is 0.0305. The number of anilines is 2.